The Labute approximate surface area is 174 Å². The molecule has 0 spiro atoms. The third-order valence-electron chi connectivity index (χ3n) is 5.27. The van der Waals surface area contributed by atoms with Crippen molar-refractivity contribution in [1.82, 2.24) is 10.2 Å². The first kappa shape index (κ1) is 20.5. The fraction of sp³-hybridized carbons (Fsp3) is 0.526. The number of thiol groups is 1. The molecule has 0 radical (unpaired) electrons. The van der Waals surface area contributed by atoms with Crippen molar-refractivity contribution in [1.29, 1.82) is 0 Å². The second-order valence-electron chi connectivity index (χ2n) is 7.22. The highest BCUT2D eigenvalue weighted by Gasteiger charge is 2.53. The van der Waals surface area contributed by atoms with Crippen LogP contribution in [0.3, 0.4) is 0 Å². The number of aliphatic hydroxyl groups is 3. The molecule has 9 nitrogen and oxygen atoms in total. The van der Waals surface area contributed by atoms with E-state index in [0.29, 0.717) is 24.5 Å². The van der Waals surface area contributed by atoms with E-state index in [1.807, 2.05) is 37.3 Å². The van der Waals surface area contributed by atoms with Crippen LogP contribution in [0.5, 0.6) is 0 Å². The van der Waals surface area contributed by atoms with Crippen LogP contribution in [0.1, 0.15) is 12.5 Å². The first-order valence-electron chi connectivity index (χ1n) is 9.59. The standard InChI is InChI=1S/C19H25N5O4S/c1-2-20-18-23-15-16(24(18)17-14(27)13(26)12(9-25)28-17)21-10-22-19(15,29)8-11-6-4-3-5-7-11/h3-7,10,12-14,17-18,20,25-27,29H,2,8-9H2,1H3/t12-,13-,14-,17-,18?,19?/m1/s1. The normalized spacial score (nSPS) is 36.2. The molecule has 0 bridgehead atoms. The number of ether oxygens (including phenoxy) is 1. The molecule has 0 saturated carbocycles. The number of hydrogen-bond donors (Lipinski definition) is 5. The molecule has 3 aliphatic rings. The lowest BCUT2D eigenvalue weighted by atomic mass is 10.00. The van der Waals surface area contributed by atoms with Crippen LogP contribution >= 0.6 is 12.6 Å². The largest absolute Gasteiger partial charge is 0.394 e. The maximum Gasteiger partial charge on any atom is 0.180 e. The Hall–Kier alpha value is -1.82. The lowest BCUT2D eigenvalue weighted by Crippen LogP contribution is -2.56. The first-order chi connectivity index (χ1) is 14.0. The average molecular weight is 420 g/mol. The highest BCUT2D eigenvalue weighted by atomic mass is 32.1. The summed E-state index contributed by atoms with van der Waals surface area (Å²) in [5.41, 5.74) is 1.62. The molecule has 3 heterocycles. The molecule has 29 heavy (non-hydrogen) atoms. The van der Waals surface area contributed by atoms with Gasteiger partial charge in [-0.05, 0) is 12.1 Å². The number of aliphatic imine (C=N–C) groups is 3. The fourth-order valence-corrected chi connectivity index (χ4v) is 4.23. The molecule has 0 amide bonds. The highest BCUT2D eigenvalue weighted by Crippen LogP contribution is 2.35. The number of aliphatic hydroxyl groups excluding tert-OH is 3. The Balaban J connectivity index is 1.66. The van der Waals surface area contributed by atoms with Crippen LogP contribution in [0, 0.1) is 0 Å². The number of fused-ring (bicyclic) bond motifs is 1. The van der Waals surface area contributed by atoms with Crippen molar-refractivity contribution in [2.24, 2.45) is 15.0 Å². The Morgan fingerprint density at radius 1 is 1.24 bits per heavy atom. The van der Waals surface area contributed by atoms with Gasteiger partial charge in [0.05, 0.1) is 6.61 Å². The summed E-state index contributed by atoms with van der Waals surface area (Å²) in [7, 11) is 0. The van der Waals surface area contributed by atoms with Gasteiger partial charge in [0.1, 0.15) is 30.4 Å². The van der Waals surface area contributed by atoms with E-state index in [2.05, 4.69) is 15.3 Å². The van der Waals surface area contributed by atoms with Gasteiger partial charge >= 0.3 is 0 Å². The zero-order chi connectivity index (χ0) is 20.6. The molecule has 4 N–H and O–H groups in total. The predicted molar refractivity (Wildman–Crippen MR) is 112 cm³/mol. The molecule has 3 aliphatic heterocycles. The summed E-state index contributed by atoms with van der Waals surface area (Å²) >= 11 is 4.85. The molecular formula is C19H25N5O4S. The Kier molecular flexibility index (Phi) is 5.74. The van der Waals surface area contributed by atoms with Crippen molar-refractivity contribution in [3.05, 3.63) is 35.9 Å². The molecule has 10 heteroatoms. The summed E-state index contributed by atoms with van der Waals surface area (Å²) in [6.45, 7) is 2.15. The van der Waals surface area contributed by atoms with Crippen molar-refractivity contribution < 1.29 is 20.1 Å². The molecule has 1 saturated heterocycles. The van der Waals surface area contributed by atoms with E-state index in [1.165, 1.54) is 6.34 Å². The first-order valence-corrected chi connectivity index (χ1v) is 10.0. The lowest BCUT2D eigenvalue weighted by Gasteiger charge is -2.34. The summed E-state index contributed by atoms with van der Waals surface area (Å²) in [5, 5.41) is 33.4. The van der Waals surface area contributed by atoms with E-state index in [-0.39, 0.29) is 0 Å². The number of rotatable bonds is 6. The van der Waals surface area contributed by atoms with Crippen molar-refractivity contribution in [3.8, 4) is 0 Å². The van der Waals surface area contributed by atoms with E-state index in [9.17, 15) is 15.3 Å². The van der Waals surface area contributed by atoms with E-state index in [0.717, 1.165) is 5.56 Å². The van der Waals surface area contributed by atoms with Crippen molar-refractivity contribution in [3.63, 3.8) is 0 Å². The average Bonchev–Trinajstić information content (AvgIpc) is 3.21. The summed E-state index contributed by atoms with van der Waals surface area (Å²) in [6.07, 6.45) is -2.87. The Morgan fingerprint density at radius 3 is 2.66 bits per heavy atom. The summed E-state index contributed by atoms with van der Waals surface area (Å²) in [5.74, 6) is 0.478. The van der Waals surface area contributed by atoms with E-state index in [1.54, 1.807) is 4.90 Å². The molecule has 4 rings (SSSR count). The minimum atomic E-state index is -1.23. The van der Waals surface area contributed by atoms with Gasteiger partial charge in [-0.3, -0.25) is 10.2 Å². The van der Waals surface area contributed by atoms with Crippen molar-refractivity contribution >= 4 is 30.5 Å². The van der Waals surface area contributed by atoms with Gasteiger partial charge < -0.3 is 20.1 Å². The molecular weight excluding hydrogens is 394 g/mol. The van der Waals surface area contributed by atoms with Crippen LogP contribution < -0.4 is 5.32 Å². The number of amidine groups is 1. The Bertz CT molecular complexity index is 835. The second-order valence-corrected chi connectivity index (χ2v) is 7.96. The third-order valence-corrected chi connectivity index (χ3v) is 5.76. The SMILES string of the molecule is CCNC1N=C2C(=NC=NC2(S)Cc2ccccc2)N1[C@@H]1O[C@H](CO)[C@@H](O)[C@H]1O. The number of nitrogens with zero attached hydrogens (tertiary/aromatic N) is 4. The van der Waals surface area contributed by atoms with Gasteiger partial charge in [0.15, 0.2) is 23.2 Å². The van der Waals surface area contributed by atoms with Crippen LogP contribution in [0.4, 0.5) is 0 Å². The zero-order valence-electron chi connectivity index (χ0n) is 16.0. The van der Waals surface area contributed by atoms with Crippen LogP contribution in [-0.2, 0) is 11.2 Å². The van der Waals surface area contributed by atoms with E-state index >= 15 is 0 Å². The minimum absolute atomic E-state index is 0.402. The molecule has 0 aromatic heterocycles. The van der Waals surface area contributed by atoms with E-state index in [4.69, 9.17) is 22.4 Å². The molecule has 1 aromatic rings. The maximum atomic E-state index is 10.5. The van der Waals surface area contributed by atoms with Gasteiger partial charge in [0, 0.05) is 6.42 Å². The van der Waals surface area contributed by atoms with Gasteiger partial charge in [-0.25, -0.2) is 15.0 Å². The predicted octanol–water partition coefficient (Wildman–Crippen LogP) is -0.616. The van der Waals surface area contributed by atoms with Gasteiger partial charge in [-0.2, -0.15) is 0 Å². The lowest BCUT2D eigenvalue weighted by molar-refractivity contribution is -0.0832. The van der Waals surface area contributed by atoms with Gasteiger partial charge in [0.2, 0.25) is 0 Å². The maximum absolute atomic E-state index is 10.5. The van der Waals surface area contributed by atoms with Crippen LogP contribution in [0.15, 0.2) is 45.3 Å². The van der Waals surface area contributed by atoms with Crippen LogP contribution in [-0.4, -0.2) is 87.0 Å². The monoisotopic (exact) mass is 419 g/mol. The summed E-state index contributed by atoms with van der Waals surface area (Å²) in [6, 6.07) is 9.86. The molecule has 2 unspecified atom stereocenters. The highest BCUT2D eigenvalue weighted by molar-refractivity contribution is 7.83. The summed E-state index contributed by atoms with van der Waals surface area (Å²) in [4.78, 5) is 14.4. The van der Waals surface area contributed by atoms with Gasteiger partial charge in [-0.1, -0.05) is 37.3 Å². The fourth-order valence-electron chi connectivity index (χ4n) is 3.84. The van der Waals surface area contributed by atoms with Crippen LogP contribution in [0.2, 0.25) is 0 Å². The van der Waals surface area contributed by atoms with Crippen molar-refractivity contribution in [2.45, 2.75) is 49.0 Å². The smallest absolute Gasteiger partial charge is 0.180 e. The topological polar surface area (TPSA) is 122 Å². The third kappa shape index (κ3) is 3.60. The zero-order valence-corrected chi connectivity index (χ0v) is 16.9. The molecule has 156 valence electrons. The van der Waals surface area contributed by atoms with Gasteiger partial charge in [-0.15, -0.1) is 12.6 Å². The number of nitrogens with one attached hydrogen (secondary N) is 1. The molecule has 6 atom stereocenters. The van der Waals surface area contributed by atoms with Gasteiger partial charge in [0.25, 0.3) is 0 Å². The molecule has 0 aliphatic carbocycles. The number of benzene rings is 1. The van der Waals surface area contributed by atoms with E-state index < -0.39 is 42.3 Å². The molecule has 1 fully saturated rings. The minimum Gasteiger partial charge on any atom is -0.394 e. The number of hydrogen-bond acceptors (Lipinski definition) is 10. The quantitative estimate of drug-likeness (QED) is 0.392. The Morgan fingerprint density at radius 2 is 2.00 bits per heavy atom. The van der Waals surface area contributed by atoms with Crippen LogP contribution in [0.25, 0.3) is 0 Å². The van der Waals surface area contributed by atoms with Crippen molar-refractivity contribution in [2.75, 3.05) is 13.2 Å². The second kappa shape index (κ2) is 8.13. The molecule has 1 aromatic carbocycles. The summed E-state index contributed by atoms with van der Waals surface area (Å²) < 4.78 is 5.74.